The summed E-state index contributed by atoms with van der Waals surface area (Å²) in [5, 5.41) is 11.0. The monoisotopic (exact) mass is 298 g/mol. The molecular formula is C17H15ClN2O. The highest BCUT2D eigenvalue weighted by Crippen LogP contribution is 2.23. The molecule has 4 heteroatoms. The Kier molecular flexibility index (Phi) is 4.04. The van der Waals surface area contributed by atoms with Gasteiger partial charge in [-0.25, -0.2) is 4.98 Å². The highest BCUT2D eigenvalue weighted by Gasteiger charge is 2.10. The van der Waals surface area contributed by atoms with Crippen LogP contribution in [0.3, 0.4) is 0 Å². The molecule has 0 aliphatic rings. The van der Waals surface area contributed by atoms with Gasteiger partial charge < -0.3 is 9.67 Å². The van der Waals surface area contributed by atoms with Gasteiger partial charge in [-0.05, 0) is 28.8 Å². The number of rotatable bonds is 4. The molecule has 1 aromatic heterocycles. The number of nitrogens with zero attached hydrogens (tertiary/aromatic N) is 2. The van der Waals surface area contributed by atoms with Crippen LogP contribution in [0.5, 0.6) is 0 Å². The van der Waals surface area contributed by atoms with Crippen molar-refractivity contribution in [2.45, 2.75) is 12.6 Å². The molecule has 0 aliphatic carbocycles. The number of halogens is 1. The molecule has 106 valence electrons. The van der Waals surface area contributed by atoms with Gasteiger partial charge in [0, 0.05) is 24.0 Å². The zero-order valence-electron chi connectivity index (χ0n) is 11.4. The molecule has 1 heterocycles. The second kappa shape index (κ2) is 6.12. The summed E-state index contributed by atoms with van der Waals surface area (Å²) in [6.07, 6.45) is 4.84. The van der Waals surface area contributed by atoms with E-state index in [4.69, 9.17) is 11.6 Å². The molecular weight excluding hydrogens is 284 g/mol. The van der Waals surface area contributed by atoms with Gasteiger partial charge in [0.05, 0.1) is 6.33 Å². The molecule has 1 N–H and O–H groups in total. The van der Waals surface area contributed by atoms with Crippen LogP contribution < -0.4 is 0 Å². The second-order valence-electron chi connectivity index (χ2n) is 4.93. The van der Waals surface area contributed by atoms with Crippen molar-refractivity contribution in [1.82, 2.24) is 9.55 Å². The third kappa shape index (κ3) is 3.32. The van der Waals surface area contributed by atoms with E-state index in [1.165, 1.54) is 5.56 Å². The van der Waals surface area contributed by atoms with E-state index in [0.29, 0.717) is 5.02 Å². The lowest BCUT2D eigenvalue weighted by molar-refractivity contribution is 0.220. The fourth-order valence-electron chi connectivity index (χ4n) is 2.23. The van der Waals surface area contributed by atoms with Gasteiger partial charge in [0.2, 0.25) is 0 Å². The minimum Gasteiger partial charge on any atom is -0.384 e. The van der Waals surface area contributed by atoms with Crippen molar-refractivity contribution in [2.24, 2.45) is 0 Å². The van der Waals surface area contributed by atoms with Gasteiger partial charge in [0.25, 0.3) is 0 Å². The van der Waals surface area contributed by atoms with Crippen LogP contribution in [0, 0.1) is 0 Å². The van der Waals surface area contributed by atoms with Crippen LogP contribution >= 0.6 is 11.6 Å². The van der Waals surface area contributed by atoms with Crippen LogP contribution in [0.25, 0.3) is 0 Å². The third-order valence-electron chi connectivity index (χ3n) is 3.41. The highest BCUT2D eigenvalue weighted by atomic mass is 35.5. The van der Waals surface area contributed by atoms with E-state index < -0.39 is 6.10 Å². The molecule has 1 atom stereocenters. The molecule has 0 radical (unpaired) electrons. The van der Waals surface area contributed by atoms with Crippen LogP contribution in [0.1, 0.15) is 22.8 Å². The SMILES string of the molecule is OC(c1ccc(Cl)cc1)c1ccc(Cn2ccnc2)cc1. The van der Waals surface area contributed by atoms with Crippen LogP contribution in [-0.2, 0) is 6.54 Å². The van der Waals surface area contributed by atoms with Crippen molar-refractivity contribution >= 4 is 11.6 Å². The van der Waals surface area contributed by atoms with Crippen LogP contribution in [0.2, 0.25) is 5.02 Å². The van der Waals surface area contributed by atoms with E-state index >= 15 is 0 Å². The zero-order chi connectivity index (χ0) is 14.7. The highest BCUT2D eigenvalue weighted by molar-refractivity contribution is 6.30. The Morgan fingerprint density at radius 2 is 1.62 bits per heavy atom. The molecule has 1 unspecified atom stereocenters. The molecule has 21 heavy (non-hydrogen) atoms. The van der Waals surface area contributed by atoms with E-state index in [0.717, 1.165) is 17.7 Å². The van der Waals surface area contributed by atoms with Crippen LogP contribution in [-0.4, -0.2) is 14.7 Å². The van der Waals surface area contributed by atoms with Gasteiger partial charge in [-0.3, -0.25) is 0 Å². The summed E-state index contributed by atoms with van der Waals surface area (Å²) in [5.41, 5.74) is 2.87. The summed E-state index contributed by atoms with van der Waals surface area (Å²) in [5.74, 6) is 0. The summed E-state index contributed by atoms with van der Waals surface area (Å²) in [4.78, 5) is 4.02. The lowest BCUT2D eigenvalue weighted by Gasteiger charge is -2.12. The van der Waals surface area contributed by atoms with Gasteiger partial charge in [-0.2, -0.15) is 0 Å². The number of benzene rings is 2. The van der Waals surface area contributed by atoms with Crippen LogP contribution in [0.4, 0.5) is 0 Å². The first-order chi connectivity index (χ1) is 10.2. The maximum atomic E-state index is 10.4. The van der Waals surface area contributed by atoms with E-state index in [1.54, 1.807) is 24.7 Å². The molecule has 0 saturated carbocycles. The standard InChI is InChI=1S/C17H15ClN2O/c18-16-7-5-15(6-8-16)17(21)14-3-1-13(2-4-14)11-20-10-9-19-12-20/h1-10,12,17,21H,11H2. The molecule has 0 spiro atoms. The predicted molar refractivity (Wildman–Crippen MR) is 83.3 cm³/mol. The number of imidazole rings is 1. The Morgan fingerprint density at radius 1 is 1.00 bits per heavy atom. The van der Waals surface area contributed by atoms with Gasteiger partial charge in [0.1, 0.15) is 6.10 Å². The zero-order valence-corrected chi connectivity index (χ0v) is 12.1. The average molecular weight is 299 g/mol. The molecule has 3 aromatic rings. The van der Waals surface area contributed by atoms with E-state index in [9.17, 15) is 5.11 Å². The average Bonchev–Trinajstić information content (AvgIpc) is 3.01. The quantitative estimate of drug-likeness (QED) is 0.798. The molecule has 0 fully saturated rings. The normalized spacial score (nSPS) is 12.3. The Bertz CT molecular complexity index is 691. The molecule has 0 amide bonds. The number of hydrogen-bond donors (Lipinski definition) is 1. The fraction of sp³-hybridized carbons (Fsp3) is 0.118. The van der Waals surface area contributed by atoms with Crippen LogP contribution in [0.15, 0.2) is 67.3 Å². The fourth-order valence-corrected chi connectivity index (χ4v) is 2.36. The topological polar surface area (TPSA) is 38.0 Å². The molecule has 3 rings (SSSR count). The van der Waals surface area contributed by atoms with Gasteiger partial charge >= 0.3 is 0 Å². The van der Waals surface area contributed by atoms with E-state index in [1.807, 2.05) is 47.2 Å². The molecule has 3 nitrogen and oxygen atoms in total. The number of aliphatic hydroxyl groups excluding tert-OH is 1. The van der Waals surface area contributed by atoms with E-state index in [-0.39, 0.29) is 0 Å². The largest absolute Gasteiger partial charge is 0.384 e. The lowest BCUT2D eigenvalue weighted by Crippen LogP contribution is -2.01. The van der Waals surface area contributed by atoms with Crippen molar-refractivity contribution < 1.29 is 5.11 Å². The first kappa shape index (κ1) is 13.9. The molecule has 0 saturated heterocycles. The molecule has 0 bridgehead atoms. The van der Waals surface area contributed by atoms with Gasteiger partial charge in [-0.15, -0.1) is 0 Å². The lowest BCUT2D eigenvalue weighted by atomic mass is 10.0. The number of aliphatic hydroxyl groups is 1. The summed E-state index contributed by atoms with van der Waals surface area (Å²) >= 11 is 5.86. The van der Waals surface area contributed by atoms with Crippen molar-refractivity contribution in [1.29, 1.82) is 0 Å². The number of aromatic nitrogens is 2. The Hall–Kier alpha value is -2.10. The van der Waals surface area contributed by atoms with Crippen molar-refractivity contribution in [3.8, 4) is 0 Å². The summed E-state index contributed by atoms with van der Waals surface area (Å²) in [7, 11) is 0. The third-order valence-corrected chi connectivity index (χ3v) is 3.66. The molecule has 0 aliphatic heterocycles. The van der Waals surface area contributed by atoms with Crippen molar-refractivity contribution in [2.75, 3.05) is 0 Å². The smallest absolute Gasteiger partial charge is 0.104 e. The summed E-state index contributed by atoms with van der Waals surface area (Å²) in [6.45, 7) is 0.775. The summed E-state index contributed by atoms with van der Waals surface area (Å²) < 4.78 is 2.00. The first-order valence-corrected chi connectivity index (χ1v) is 7.08. The Balaban J connectivity index is 1.75. The van der Waals surface area contributed by atoms with Gasteiger partial charge in [0.15, 0.2) is 0 Å². The minimum absolute atomic E-state index is 0.635. The predicted octanol–water partition coefficient (Wildman–Crippen LogP) is 3.67. The van der Waals surface area contributed by atoms with Gasteiger partial charge in [-0.1, -0.05) is 48.0 Å². The second-order valence-corrected chi connectivity index (χ2v) is 5.37. The van der Waals surface area contributed by atoms with Crippen molar-refractivity contribution in [3.63, 3.8) is 0 Å². The first-order valence-electron chi connectivity index (χ1n) is 6.70. The number of hydrogen-bond acceptors (Lipinski definition) is 2. The minimum atomic E-state index is -0.635. The Labute approximate surface area is 128 Å². The van der Waals surface area contributed by atoms with Crippen molar-refractivity contribution in [3.05, 3.63) is 89.0 Å². The Morgan fingerprint density at radius 3 is 2.19 bits per heavy atom. The molecule has 2 aromatic carbocycles. The maximum Gasteiger partial charge on any atom is 0.104 e. The van der Waals surface area contributed by atoms with E-state index in [2.05, 4.69) is 4.98 Å². The summed E-state index contributed by atoms with van der Waals surface area (Å²) in [6, 6.07) is 15.2. The maximum absolute atomic E-state index is 10.4.